The monoisotopic (exact) mass is 328 g/mol. The lowest BCUT2D eigenvalue weighted by Gasteiger charge is -2.32. The molecule has 0 fully saturated rings. The van der Waals surface area contributed by atoms with Crippen LogP contribution in [0.2, 0.25) is 18.6 Å². The van der Waals surface area contributed by atoms with Crippen molar-refractivity contribution in [3.8, 4) is 0 Å². The van der Waals surface area contributed by atoms with Gasteiger partial charge >= 0.3 is 0 Å². The van der Waals surface area contributed by atoms with E-state index in [-0.39, 0.29) is 0 Å². The zero-order valence-corrected chi connectivity index (χ0v) is 17.5. The summed E-state index contributed by atoms with van der Waals surface area (Å²) in [5.41, 5.74) is 0.718. The highest BCUT2D eigenvalue weighted by atomic mass is 28.4. The maximum absolute atomic E-state index is 6.60. The van der Waals surface area contributed by atoms with Crippen LogP contribution in [0.4, 0.5) is 0 Å². The molecule has 0 aromatic heterocycles. The summed E-state index contributed by atoms with van der Waals surface area (Å²) in [6, 6.07) is 0. The third-order valence-corrected chi connectivity index (χ3v) is 8.84. The second kappa shape index (κ2) is 13.6. The van der Waals surface area contributed by atoms with E-state index in [1.165, 1.54) is 77.0 Å². The molecule has 0 spiro atoms. The van der Waals surface area contributed by atoms with Gasteiger partial charge in [0.05, 0.1) is 0 Å². The van der Waals surface area contributed by atoms with E-state index in [1.54, 1.807) is 0 Å². The summed E-state index contributed by atoms with van der Waals surface area (Å²) in [6.07, 6.45) is 17.0. The van der Waals surface area contributed by atoms with Crippen LogP contribution in [-0.2, 0) is 4.43 Å². The van der Waals surface area contributed by atoms with Crippen LogP contribution in [0.5, 0.6) is 0 Å². The summed E-state index contributed by atoms with van der Waals surface area (Å²) >= 11 is 0. The van der Waals surface area contributed by atoms with Crippen molar-refractivity contribution in [2.24, 2.45) is 0 Å². The van der Waals surface area contributed by atoms with Crippen LogP contribution in [-0.4, -0.2) is 14.4 Å². The highest BCUT2D eigenvalue weighted by Gasteiger charge is 2.29. The first-order chi connectivity index (χ1) is 10.4. The lowest BCUT2D eigenvalue weighted by Crippen LogP contribution is -2.38. The van der Waals surface area contributed by atoms with Crippen LogP contribution in [0.15, 0.2) is 0 Å². The molecule has 0 bridgehead atoms. The van der Waals surface area contributed by atoms with Crippen LogP contribution in [0.1, 0.15) is 105 Å². The minimum atomic E-state index is -1.48. The van der Waals surface area contributed by atoms with E-state index >= 15 is 0 Å². The summed E-state index contributed by atoms with van der Waals surface area (Å²) in [7, 11) is -1.48. The minimum Gasteiger partial charge on any atom is -0.414 e. The Bertz CT molecular complexity index is 238. The molecule has 22 heavy (non-hydrogen) atoms. The second-order valence-electron chi connectivity index (χ2n) is 7.90. The van der Waals surface area contributed by atoms with Crippen LogP contribution in [0, 0.1) is 0 Å². The number of unbranched alkanes of at least 4 members (excludes halogenated alkanes) is 8. The van der Waals surface area contributed by atoms with Crippen molar-refractivity contribution in [2.75, 3.05) is 0 Å². The summed E-state index contributed by atoms with van der Waals surface area (Å²) in [5.74, 6) is 0. The molecule has 0 radical (unpaired) electrons. The number of hydrogen-bond donors (Lipinski definition) is 0. The van der Waals surface area contributed by atoms with Gasteiger partial charge in [-0.2, -0.15) is 0 Å². The molecule has 134 valence electrons. The summed E-state index contributed by atoms with van der Waals surface area (Å²) in [6.45, 7) is 14.0. The molecule has 0 aliphatic rings. The minimum absolute atomic E-state index is 0.532. The number of hydrogen-bond acceptors (Lipinski definition) is 1. The van der Waals surface area contributed by atoms with Gasteiger partial charge in [-0.15, -0.1) is 0 Å². The smallest absolute Gasteiger partial charge is 0.189 e. The maximum atomic E-state index is 6.60. The van der Waals surface area contributed by atoms with Gasteiger partial charge in [-0.25, -0.2) is 0 Å². The molecule has 0 saturated heterocycles. The molecule has 0 N–H and O–H groups in total. The molecule has 0 aromatic rings. The van der Waals surface area contributed by atoms with Gasteiger partial charge in [-0.1, -0.05) is 91.9 Å². The van der Waals surface area contributed by atoms with Crippen molar-refractivity contribution < 1.29 is 4.43 Å². The third kappa shape index (κ3) is 11.7. The molecule has 2 heteroatoms. The first-order valence-corrected chi connectivity index (χ1v) is 13.1. The summed E-state index contributed by atoms with van der Waals surface area (Å²) in [5, 5.41) is 0. The third-order valence-electron chi connectivity index (χ3n) is 5.12. The molecular weight excluding hydrogens is 284 g/mol. The van der Waals surface area contributed by atoms with Gasteiger partial charge in [-0.05, 0) is 31.5 Å². The lowest BCUT2D eigenvalue weighted by molar-refractivity contribution is 0.161. The summed E-state index contributed by atoms with van der Waals surface area (Å²) in [4.78, 5) is 0. The largest absolute Gasteiger partial charge is 0.414 e. The Kier molecular flexibility index (Phi) is 13.7. The first kappa shape index (κ1) is 22.2. The average Bonchev–Trinajstić information content (AvgIpc) is 2.46. The Balaban J connectivity index is 3.90. The van der Waals surface area contributed by atoms with E-state index in [1.807, 2.05) is 0 Å². The Morgan fingerprint density at radius 2 is 1.14 bits per heavy atom. The molecule has 0 heterocycles. The van der Waals surface area contributed by atoms with Crippen LogP contribution >= 0.6 is 0 Å². The van der Waals surface area contributed by atoms with Gasteiger partial charge in [0, 0.05) is 6.10 Å². The molecule has 0 aliphatic carbocycles. The van der Waals surface area contributed by atoms with Crippen molar-refractivity contribution in [2.45, 2.75) is 129 Å². The van der Waals surface area contributed by atoms with Crippen molar-refractivity contribution in [1.82, 2.24) is 0 Å². The zero-order chi connectivity index (χ0) is 16.8. The summed E-state index contributed by atoms with van der Waals surface area (Å²) < 4.78 is 6.60. The van der Waals surface area contributed by atoms with Crippen LogP contribution in [0.25, 0.3) is 0 Å². The molecule has 0 amide bonds. The number of rotatable bonds is 15. The van der Waals surface area contributed by atoms with E-state index in [4.69, 9.17) is 4.43 Å². The highest BCUT2D eigenvalue weighted by molar-refractivity contribution is 6.72. The Labute approximate surface area is 142 Å². The topological polar surface area (TPSA) is 9.23 Å². The molecule has 0 aromatic carbocycles. The Hall–Kier alpha value is 0.177. The lowest BCUT2D eigenvalue weighted by atomic mass is 10.0. The van der Waals surface area contributed by atoms with Gasteiger partial charge in [0.25, 0.3) is 0 Å². The van der Waals surface area contributed by atoms with Gasteiger partial charge in [0.1, 0.15) is 0 Å². The normalized spacial score (nSPS) is 13.8. The van der Waals surface area contributed by atoms with Gasteiger partial charge in [0.15, 0.2) is 8.32 Å². The molecular formula is C20H44OSi. The van der Waals surface area contributed by atoms with Crippen molar-refractivity contribution in [1.29, 1.82) is 0 Å². The van der Waals surface area contributed by atoms with Gasteiger partial charge in [-0.3, -0.25) is 0 Å². The van der Waals surface area contributed by atoms with E-state index < -0.39 is 8.32 Å². The zero-order valence-electron chi connectivity index (χ0n) is 16.5. The van der Waals surface area contributed by atoms with E-state index in [9.17, 15) is 0 Å². The van der Waals surface area contributed by atoms with Crippen molar-refractivity contribution in [3.05, 3.63) is 0 Å². The van der Waals surface area contributed by atoms with Crippen LogP contribution in [0.3, 0.4) is 0 Å². The molecule has 1 unspecified atom stereocenters. The molecule has 0 saturated carbocycles. The van der Waals surface area contributed by atoms with Gasteiger partial charge < -0.3 is 4.43 Å². The molecule has 0 aliphatic heterocycles. The van der Waals surface area contributed by atoms with Crippen molar-refractivity contribution in [3.63, 3.8) is 0 Å². The maximum Gasteiger partial charge on any atom is 0.189 e. The fourth-order valence-corrected chi connectivity index (χ4v) is 4.13. The van der Waals surface area contributed by atoms with Crippen molar-refractivity contribution >= 4 is 8.32 Å². The van der Waals surface area contributed by atoms with E-state index in [2.05, 4.69) is 40.8 Å². The van der Waals surface area contributed by atoms with E-state index in [0.29, 0.717) is 6.10 Å². The Morgan fingerprint density at radius 3 is 1.64 bits per heavy atom. The molecule has 1 nitrogen and oxygen atoms in total. The van der Waals surface area contributed by atoms with Gasteiger partial charge in [0.2, 0.25) is 0 Å². The Morgan fingerprint density at radius 1 is 0.682 bits per heavy atom. The fourth-order valence-electron chi connectivity index (χ4n) is 2.77. The fraction of sp³-hybridized carbons (Fsp3) is 1.00. The SMILES string of the molecule is CCCCCCCCCCC(CCCC)O[Si](C)(C)C(C)C. The second-order valence-corrected chi connectivity index (χ2v) is 12.5. The average molecular weight is 329 g/mol. The molecule has 1 atom stereocenters. The highest BCUT2D eigenvalue weighted by Crippen LogP contribution is 2.26. The molecule has 0 rings (SSSR count). The van der Waals surface area contributed by atoms with E-state index in [0.717, 1.165) is 5.54 Å². The standard InChI is InChI=1S/C20H44OSi/c1-7-9-11-12-13-14-15-16-18-20(17-10-8-2)21-22(5,6)19(3)4/h19-20H,7-18H2,1-6H3. The predicted molar refractivity (Wildman–Crippen MR) is 104 cm³/mol. The van der Waals surface area contributed by atoms with Crippen LogP contribution < -0.4 is 0 Å². The first-order valence-electron chi connectivity index (χ1n) is 10.1. The quantitative estimate of drug-likeness (QED) is 0.221. The predicted octanol–water partition coefficient (Wildman–Crippen LogP) is 7.71.